The average Bonchev–Trinajstić information content (AvgIpc) is 2.21. The van der Waals surface area contributed by atoms with Crippen molar-refractivity contribution in [2.45, 2.75) is 43.8 Å². The van der Waals surface area contributed by atoms with Crippen molar-refractivity contribution >= 4 is 17.7 Å². The molecule has 0 spiro atoms. The Labute approximate surface area is 101 Å². The number of aromatic carboxylic acids is 1. The number of carbonyl (C=O) groups is 1. The van der Waals surface area contributed by atoms with Gasteiger partial charge in [0.1, 0.15) is 0 Å². The van der Waals surface area contributed by atoms with Crippen LogP contribution in [0.3, 0.4) is 0 Å². The molecular weight excluding hydrogens is 220 g/mol. The van der Waals surface area contributed by atoms with Gasteiger partial charge in [-0.15, -0.1) is 11.8 Å². The van der Waals surface area contributed by atoms with Crippen molar-refractivity contribution in [1.82, 2.24) is 0 Å². The number of carboxylic acid groups (broad SMARTS) is 1. The standard InChI is InChI=1S/C13H18O2S/c1-4-5-10(3)16-11-7-6-9(2)12(8-11)13(14)15/h6-8,10H,4-5H2,1-3H3,(H,14,15). The molecule has 1 unspecified atom stereocenters. The number of aryl methyl sites for hydroxylation is 1. The van der Waals surface area contributed by atoms with E-state index in [4.69, 9.17) is 5.11 Å². The van der Waals surface area contributed by atoms with Crippen molar-refractivity contribution in [3.8, 4) is 0 Å². The van der Waals surface area contributed by atoms with Crippen LogP contribution in [0.5, 0.6) is 0 Å². The van der Waals surface area contributed by atoms with Crippen LogP contribution in [0, 0.1) is 6.92 Å². The number of thioether (sulfide) groups is 1. The first kappa shape index (κ1) is 13.1. The smallest absolute Gasteiger partial charge is 0.335 e. The van der Waals surface area contributed by atoms with Crippen molar-refractivity contribution in [3.63, 3.8) is 0 Å². The quantitative estimate of drug-likeness (QED) is 0.788. The molecule has 0 radical (unpaired) electrons. The van der Waals surface area contributed by atoms with Crippen LogP contribution in [-0.4, -0.2) is 16.3 Å². The number of hydrogen-bond acceptors (Lipinski definition) is 2. The Kier molecular flexibility index (Phi) is 4.87. The molecule has 88 valence electrons. The molecule has 0 aliphatic heterocycles. The number of hydrogen-bond donors (Lipinski definition) is 1. The number of rotatable bonds is 5. The Bertz CT molecular complexity index is 374. The van der Waals surface area contributed by atoms with E-state index in [1.165, 1.54) is 0 Å². The topological polar surface area (TPSA) is 37.3 Å². The molecule has 3 heteroatoms. The maximum absolute atomic E-state index is 11.0. The molecule has 0 aliphatic carbocycles. The molecule has 1 atom stereocenters. The molecule has 0 fully saturated rings. The zero-order chi connectivity index (χ0) is 12.1. The van der Waals surface area contributed by atoms with Crippen LogP contribution < -0.4 is 0 Å². The van der Waals surface area contributed by atoms with Crippen molar-refractivity contribution in [2.75, 3.05) is 0 Å². The lowest BCUT2D eigenvalue weighted by Gasteiger charge is -2.11. The fraction of sp³-hybridized carbons (Fsp3) is 0.462. The van der Waals surface area contributed by atoms with Gasteiger partial charge < -0.3 is 5.11 Å². The lowest BCUT2D eigenvalue weighted by Crippen LogP contribution is -2.00. The summed E-state index contributed by atoms with van der Waals surface area (Å²) in [4.78, 5) is 12.0. The van der Waals surface area contributed by atoms with Crippen LogP contribution in [0.4, 0.5) is 0 Å². The molecule has 1 aromatic carbocycles. The second-order valence-electron chi connectivity index (χ2n) is 4.00. The third-order valence-corrected chi connectivity index (χ3v) is 3.64. The third kappa shape index (κ3) is 3.56. The van der Waals surface area contributed by atoms with Gasteiger partial charge in [-0.25, -0.2) is 4.79 Å². The van der Waals surface area contributed by atoms with Crippen LogP contribution in [0.2, 0.25) is 0 Å². The Morgan fingerprint density at radius 3 is 2.75 bits per heavy atom. The van der Waals surface area contributed by atoms with Crippen molar-refractivity contribution in [3.05, 3.63) is 29.3 Å². The number of carboxylic acids is 1. The first-order valence-electron chi connectivity index (χ1n) is 5.55. The van der Waals surface area contributed by atoms with Crippen LogP contribution in [0.15, 0.2) is 23.1 Å². The SMILES string of the molecule is CCCC(C)Sc1ccc(C)c(C(=O)O)c1. The first-order valence-corrected chi connectivity index (χ1v) is 6.43. The maximum atomic E-state index is 11.0. The van der Waals surface area contributed by atoms with Crippen molar-refractivity contribution in [1.29, 1.82) is 0 Å². The minimum atomic E-state index is -0.844. The summed E-state index contributed by atoms with van der Waals surface area (Å²) in [6.07, 6.45) is 2.31. The Morgan fingerprint density at radius 2 is 2.19 bits per heavy atom. The molecule has 0 heterocycles. The molecule has 1 rings (SSSR count). The molecule has 0 bridgehead atoms. The lowest BCUT2D eigenvalue weighted by molar-refractivity contribution is 0.0696. The van der Waals surface area contributed by atoms with Crippen molar-refractivity contribution < 1.29 is 9.90 Å². The predicted octanol–water partition coefficient (Wildman–Crippen LogP) is 3.97. The summed E-state index contributed by atoms with van der Waals surface area (Å²) in [5.41, 5.74) is 1.23. The van der Waals surface area contributed by atoms with Crippen LogP contribution >= 0.6 is 11.8 Å². The van der Waals surface area contributed by atoms with Crippen molar-refractivity contribution in [2.24, 2.45) is 0 Å². The highest BCUT2D eigenvalue weighted by atomic mass is 32.2. The Morgan fingerprint density at radius 1 is 1.50 bits per heavy atom. The molecule has 16 heavy (non-hydrogen) atoms. The molecule has 1 aromatic rings. The van der Waals surface area contributed by atoms with Gasteiger partial charge in [-0.05, 0) is 31.0 Å². The van der Waals surface area contributed by atoms with E-state index in [9.17, 15) is 4.79 Å². The summed E-state index contributed by atoms with van der Waals surface area (Å²) in [5, 5.41) is 9.55. The van der Waals surface area contributed by atoms with E-state index < -0.39 is 5.97 Å². The fourth-order valence-corrected chi connectivity index (χ4v) is 2.75. The van der Waals surface area contributed by atoms with Gasteiger partial charge in [0.2, 0.25) is 0 Å². The minimum Gasteiger partial charge on any atom is -0.478 e. The average molecular weight is 238 g/mol. The molecule has 2 nitrogen and oxygen atoms in total. The highest BCUT2D eigenvalue weighted by molar-refractivity contribution is 7.99. The monoisotopic (exact) mass is 238 g/mol. The predicted molar refractivity (Wildman–Crippen MR) is 68.4 cm³/mol. The van der Waals surface area contributed by atoms with Crippen LogP contribution in [-0.2, 0) is 0 Å². The molecular formula is C13H18O2S. The molecule has 0 saturated carbocycles. The van der Waals surface area contributed by atoms with Gasteiger partial charge in [0, 0.05) is 10.1 Å². The molecule has 0 aromatic heterocycles. The second kappa shape index (κ2) is 5.94. The van der Waals surface area contributed by atoms with Crippen LogP contribution in [0.1, 0.15) is 42.6 Å². The minimum absolute atomic E-state index is 0.411. The molecule has 0 amide bonds. The zero-order valence-electron chi connectivity index (χ0n) is 9.99. The summed E-state index contributed by atoms with van der Waals surface area (Å²) < 4.78 is 0. The lowest BCUT2D eigenvalue weighted by atomic mass is 10.1. The summed E-state index contributed by atoms with van der Waals surface area (Å²) in [7, 11) is 0. The Hall–Kier alpha value is -0.960. The number of benzene rings is 1. The summed E-state index contributed by atoms with van der Waals surface area (Å²) in [6.45, 7) is 6.16. The van der Waals surface area contributed by atoms with E-state index >= 15 is 0 Å². The fourth-order valence-electron chi connectivity index (χ4n) is 1.60. The van der Waals surface area contributed by atoms with Gasteiger partial charge in [-0.3, -0.25) is 0 Å². The highest BCUT2D eigenvalue weighted by Gasteiger charge is 2.09. The van der Waals surface area contributed by atoms with Gasteiger partial charge >= 0.3 is 5.97 Å². The van der Waals surface area contributed by atoms with Gasteiger partial charge in [0.25, 0.3) is 0 Å². The third-order valence-electron chi connectivity index (χ3n) is 2.47. The summed E-state index contributed by atoms with van der Waals surface area (Å²) in [5.74, 6) is -0.844. The second-order valence-corrected chi connectivity index (χ2v) is 5.51. The van der Waals surface area contributed by atoms with Gasteiger partial charge in [-0.2, -0.15) is 0 Å². The van der Waals surface area contributed by atoms with E-state index in [-0.39, 0.29) is 0 Å². The van der Waals surface area contributed by atoms with Gasteiger partial charge in [-0.1, -0.05) is 26.3 Å². The van der Waals surface area contributed by atoms with E-state index in [2.05, 4.69) is 13.8 Å². The van der Waals surface area contributed by atoms with E-state index in [0.29, 0.717) is 10.8 Å². The summed E-state index contributed by atoms with van der Waals surface area (Å²) >= 11 is 1.75. The summed E-state index contributed by atoms with van der Waals surface area (Å²) in [6, 6.07) is 5.65. The van der Waals surface area contributed by atoms with Crippen LogP contribution in [0.25, 0.3) is 0 Å². The van der Waals surface area contributed by atoms with E-state index in [1.807, 2.05) is 19.1 Å². The van der Waals surface area contributed by atoms with Gasteiger partial charge in [0.15, 0.2) is 0 Å². The normalized spacial score (nSPS) is 12.4. The molecule has 1 N–H and O–H groups in total. The maximum Gasteiger partial charge on any atom is 0.335 e. The Balaban J connectivity index is 2.82. The largest absolute Gasteiger partial charge is 0.478 e. The molecule has 0 aliphatic rings. The zero-order valence-corrected chi connectivity index (χ0v) is 10.8. The molecule has 0 saturated heterocycles. The van der Waals surface area contributed by atoms with E-state index in [0.717, 1.165) is 23.3 Å². The van der Waals surface area contributed by atoms with Gasteiger partial charge in [0.05, 0.1) is 5.56 Å². The first-order chi connectivity index (χ1) is 7.54. The highest BCUT2D eigenvalue weighted by Crippen LogP contribution is 2.27. The van der Waals surface area contributed by atoms with E-state index in [1.54, 1.807) is 17.8 Å².